The van der Waals surface area contributed by atoms with Crippen LogP contribution >= 0.6 is 0 Å². The van der Waals surface area contributed by atoms with Crippen LogP contribution in [0.1, 0.15) is 19.4 Å². The number of aliphatic hydroxyl groups is 1. The maximum absolute atomic E-state index is 12.1. The molecular formula is C19H23NO5S. The molecule has 0 saturated heterocycles. The van der Waals surface area contributed by atoms with Crippen LogP contribution in [0.5, 0.6) is 0 Å². The van der Waals surface area contributed by atoms with Gasteiger partial charge < -0.3 is 9.84 Å². The van der Waals surface area contributed by atoms with Gasteiger partial charge in [0.25, 0.3) is 11.3 Å². The number of anilines is 1. The van der Waals surface area contributed by atoms with Gasteiger partial charge in [-0.25, -0.2) is 9.00 Å². The van der Waals surface area contributed by atoms with E-state index in [1.807, 2.05) is 36.4 Å². The summed E-state index contributed by atoms with van der Waals surface area (Å²) in [6.45, 7) is 3.57. The summed E-state index contributed by atoms with van der Waals surface area (Å²) in [6, 6.07) is 13.6. The summed E-state index contributed by atoms with van der Waals surface area (Å²) in [5.74, 6) is -0.782. The molecule has 0 bridgehead atoms. The number of carbonyl (C=O) groups is 1. The van der Waals surface area contributed by atoms with Crippen LogP contribution in [0, 0.1) is 5.92 Å². The second-order valence-corrected chi connectivity index (χ2v) is 7.03. The van der Waals surface area contributed by atoms with Crippen molar-refractivity contribution in [3.8, 4) is 11.1 Å². The summed E-state index contributed by atoms with van der Waals surface area (Å²) >= 11 is -2.38. The second kappa shape index (κ2) is 8.93. The number of aliphatic hydroxyl groups excluding tert-OH is 1. The Morgan fingerprint density at radius 2 is 1.58 bits per heavy atom. The van der Waals surface area contributed by atoms with E-state index in [-0.39, 0.29) is 12.5 Å². The number of hydrogen-bond donors (Lipinski definition) is 2. The SMILES string of the molecule is COC(=O)C(C(C)C)N(c1ccc(-c2ccc(CO)cc2)cc1)S(=O)O. The van der Waals surface area contributed by atoms with Crippen molar-refractivity contribution in [3.63, 3.8) is 0 Å². The average molecular weight is 377 g/mol. The molecule has 0 aromatic heterocycles. The number of benzene rings is 2. The third-order valence-electron chi connectivity index (χ3n) is 4.09. The first-order valence-electron chi connectivity index (χ1n) is 8.17. The lowest BCUT2D eigenvalue weighted by Gasteiger charge is -2.30. The van der Waals surface area contributed by atoms with E-state index in [1.165, 1.54) is 7.11 Å². The molecule has 2 aromatic carbocycles. The van der Waals surface area contributed by atoms with E-state index >= 15 is 0 Å². The Morgan fingerprint density at radius 3 is 1.96 bits per heavy atom. The number of ether oxygens (including phenoxy) is 1. The number of rotatable bonds is 7. The molecule has 140 valence electrons. The van der Waals surface area contributed by atoms with Crippen LogP contribution in [0.25, 0.3) is 11.1 Å². The first kappa shape index (κ1) is 20.1. The molecule has 0 aliphatic rings. The van der Waals surface area contributed by atoms with Gasteiger partial charge in [-0.15, -0.1) is 0 Å². The highest BCUT2D eigenvalue weighted by atomic mass is 32.2. The van der Waals surface area contributed by atoms with Gasteiger partial charge in [-0.3, -0.25) is 8.86 Å². The fourth-order valence-electron chi connectivity index (χ4n) is 2.71. The smallest absolute Gasteiger partial charge is 0.329 e. The highest BCUT2D eigenvalue weighted by molar-refractivity contribution is 7.80. The summed E-state index contributed by atoms with van der Waals surface area (Å²) in [6.07, 6.45) is 0. The Balaban J connectivity index is 2.35. The topological polar surface area (TPSA) is 87.1 Å². The predicted molar refractivity (Wildman–Crippen MR) is 102 cm³/mol. The van der Waals surface area contributed by atoms with Crippen molar-refractivity contribution in [2.75, 3.05) is 11.4 Å². The van der Waals surface area contributed by atoms with E-state index in [0.717, 1.165) is 21.0 Å². The van der Waals surface area contributed by atoms with Gasteiger partial charge in [0.2, 0.25) is 0 Å². The highest BCUT2D eigenvalue weighted by Crippen LogP contribution is 2.27. The standard InChI is InChI=1S/C19H23NO5S/c1-13(2)18(19(22)25-3)20(26(23)24)17-10-8-16(9-11-17)15-6-4-14(12-21)5-7-15/h4-11,13,18,21H,12H2,1-3H3,(H,23,24). The van der Waals surface area contributed by atoms with Crippen LogP contribution in [-0.2, 0) is 27.4 Å². The zero-order valence-electron chi connectivity index (χ0n) is 15.0. The molecule has 6 nitrogen and oxygen atoms in total. The molecule has 7 heteroatoms. The van der Waals surface area contributed by atoms with Gasteiger partial charge in [0.1, 0.15) is 6.04 Å². The van der Waals surface area contributed by atoms with Crippen molar-refractivity contribution in [3.05, 3.63) is 54.1 Å². The number of nitrogens with zero attached hydrogens (tertiary/aromatic N) is 1. The van der Waals surface area contributed by atoms with E-state index < -0.39 is 23.3 Å². The van der Waals surface area contributed by atoms with Crippen LogP contribution in [0.15, 0.2) is 48.5 Å². The molecule has 0 radical (unpaired) electrons. The summed E-state index contributed by atoms with van der Waals surface area (Å²) in [4.78, 5) is 12.1. The minimum atomic E-state index is -2.38. The Labute approximate surface area is 155 Å². The minimum absolute atomic E-state index is 0.0133. The van der Waals surface area contributed by atoms with Crippen LogP contribution in [0.2, 0.25) is 0 Å². The second-order valence-electron chi connectivity index (χ2n) is 6.17. The minimum Gasteiger partial charge on any atom is -0.467 e. The van der Waals surface area contributed by atoms with Gasteiger partial charge in [0.15, 0.2) is 0 Å². The third-order valence-corrected chi connectivity index (χ3v) is 4.86. The number of esters is 1. The molecule has 2 N–H and O–H groups in total. The van der Waals surface area contributed by atoms with Crippen LogP contribution < -0.4 is 4.31 Å². The zero-order valence-corrected chi connectivity index (χ0v) is 15.8. The average Bonchev–Trinajstić information content (AvgIpc) is 2.65. The van der Waals surface area contributed by atoms with Crippen molar-refractivity contribution in [2.24, 2.45) is 5.92 Å². The quantitative estimate of drug-likeness (QED) is 0.572. The number of hydrogen-bond acceptors (Lipinski definition) is 4. The normalized spacial score (nSPS) is 13.3. The molecule has 0 aliphatic heterocycles. The monoisotopic (exact) mass is 377 g/mol. The molecule has 2 aromatic rings. The molecule has 0 saturated carbocycles. The largest absolute Gasteiger partial charge is 0.467 e. The number of methoxy groups -OCH3 is 1. The van der Waals surface area contributed by atoms with Gasteiger partial charge in [0.05, 0.1) is 19.4 Å². The van der Waals surface area contributed by atoms with Crippen molar-refractivity contribution in [1.29, 1.82) is 0 Å². The van der Waals surface area contributed by atoms with Crippen molar-refractivity contribution >= 4 is 22.9 Å². The zero-order chi connectivity index (χ0) is 19.3. The van der Waals surface area contributed by atoms with Crippen molar-refractivity contribution in [1.82, 2.24) is 0 Å². The molecule has 2 unspecified atom stereocenters. The Kier molecular flexibility index (Phi) is 6.90. The Hall–Kier alpha value is -2.22. The first-order chi connectivity index (χ1) is 12.4. The number of carbonyl (C=O) groups excluding carboxylic acids is 1. The summed E-state index contributed by atoms with van der Waals surface area (Å²) in [5, 5.41) is 9.11. The van der Waals surface area contributed by atoms with Crippen molar-refractivity contribution < 1.29 is 23.4 Å². The third kappa shape index (κ3) is 4.49. The molecule has 2 rings (SSSR count). The summed E-state index contributed by atoms with van der Waals surface area (Å²) < 4.78 is 27.6. The predicted octanol–water partition coefficient (Wildman–Crippen LogP) is 2.99. The lowest BCUT2D eigenvalue weighted by molar-refractivity contribution is -0.142. The molecule has 0 heterocycles. The van der Waals surface area contributed by atoms with Gasteiger partial charge in [-0.05, 0) is 34.7 Å². The van der Waals surface area contributed by atoms with E-state index in [2.05, 4.69) is 0 Å². The van der Waals surface area contributed by atoms with E-state index in [4.69, 9.17) is 9.84 Å². The molecule has 0 spiro atoms. The maximum Gasteiger partial charge on any atom is 0.329 e. The maximum atomic E-state index is 12.1. The Morgan fingerprint density at radius 1 is 1.08 bits per heavy atom. The fraction of sp³-hybridized carbons (Fsp3) is 0.316. The van der Waals surface area contributed by atoms with E-state index in [9.17, 15) is 13.6 Å². The lowest BCUT2D eigenvalue weighted by Crippen LogP contribution is -2.46. The fourth-order valence-corrected chi connectivity index (χ4v) is 3.54. The van der Waals surface area contributed by atoms with Crippen LogP contribution in [0.3, 0.4) is 0 Å². The van der Waals surface area contributed by atoms with Crippen LogP contribution in [0.4, 0.5) is 5.69 Å². The lowest BCUT2D eigenvalue weighted by atomic mass is 10.0. The van der Waals surface area contributed by atoms with Gasteiger partial charge in [0, 0.05) is 0 Å². The van der Waals surface area contributed by atoms with E-state index in [0.29, 0.717) is 5.69 Å². The molecule has 2 atom stereocenters. The molecule has 0 aliphatic carbocycles. The van der Waals surface area contributed by atoms with E-state index in [1.54, 1.807) is 26.0 Å². The van der Waals surface area contributed by atoms with Crippen LogP contribution in [-0.4, -0.2) is 33.0 Å². The first-order valence-corrected chi connectivity index (χ1v) is 9.23. The molecule has 26 heavy (non-hydrogen) atoms. The van der Waals surface area contributed by atoms with Crippen molar-refractivity contribution in [2.45, 2.75) is 26.5 Å². The molecular weight excluding hydrogens is 354 g/mol. The Bertz CT molecular complexity index is 759. The van der Waals surface area contributed by atoms with Gasteiger partial charge in [-0.1, -0.05) is 50.2 Å². The van der Waals surface area contributed by atoms with Gasteiger partial charge in [-0.2, -0.15) is 0 Å². The summed E-state index contributed by atoms with van der Waals surface area (Å²) in [7, 11) is 1.26. The summed E-state index contributed by atoms with van der Waals surface area (Å²) in [5.41, 5.74) is 3.15. The molecule has 0 fully saturated rings. The highest BCUT2D eigenvalue weighted by Gasteiger charge is 2.33. The van der Waals surface area contributed by atoms with Gasteiger partial charge >= 0.3 is 5.97 Å². The molecule has 0 amide bonds.